The number of hydrogen-bond acceptors (Lipinski definition) is 3. The van der Waals surface area contributed by atoms with Crippen LogP contribution in [0.1, 0.15) is 17.4 Å². The number of carbonyl (C=O) groups is 1. The maximum atomic E-state index is 11.8. The standard InChI is InChI=1S/C14H17BrN4O/c1-18-7-6-17-12(18)9-19(2)13(14(16)20)10-4-3-5-11(15)8-10/h3-8,13H,9H2,1-2H3,(H2,16,20)/t13-/m1/s1. The molecule has 0 spiro atoms. The van der Waals surface area contributed by atoms with E-state index < -0.39 is 6.04 Å². The van der Waals surface area contributed by atoms with Crippen LogP contribution in [0.5, 0.6) is 0 Å². The molecule has 2 rings (SSSR count). The summed E-state index contributed by atoms with van der Waals surface area (Å²) in [6.07, 6.45) is 3.61. The van der Waals surface area contributed by atoms with Gasteiger partial charge in [-0.1, -0.05) is 28.1 Å². The number of halogens is 1. The second kappa shape index (κ2) is 6.19. The Kier molecular flexibility index (Phi) is 4.57. The molecular weight excluding hydrogens is 320 g/mol. The number of benzene rings is 1. The second-order valence-corrected chi connectivity index (χ2v) is 5.65. The molecule has 0 bridgehead atoms. The summed E-state index contributed by atoms with van der Waals surface area (Å²) in [5.74, 6) is 0.508. The number of imidazole rings is 1. The zero-order chi connectivity index (χ0) is 14.7. The first-order chi connectivity index (χ1) is 9.49. The summed E-state index contributed by atoms with van der Waals surface area (Å²) in [7, 11) is 3.79. The van der Waals surface area contributed by atoms with Crippen LogP contribution in [0, 0.1) is 0 Å². The molecule has 0 saturated heterocycles. The number of amides is 1. The Morgan fingerprint density at radius 1 is 1.55 bits per heavy atom. The van der Waals surface area contributed by atoms with Crippen molar-refractivity contribution in [2.24, 2.45) is 12.8 Å². The Hall–Kier alpha value is -1.66. The SMILES string of the molecule is CN(Cc1nccn1C)[C@@H](C(N)=O)c1cccc(Br)c1. The van der Waals surface area contributed by atoms with E-state index in [9.17, 15) is 4.79 Å². The van der Waals surface area contributed by atoms with E-state index in [-0.39, 0.29) is 5.91 Å². The number of hydrogen-bond donors (Lipinski definition) is 1. The van der Waals surface area contributed by atoms with Crippen molar-refractivity contribution >= 4 is 21.8 Å². The van der Waals surface area contributed by atoms with Gasteiger partial charge >= 0.3 is 0 Å². The van der Waals surface area contributed by atoms with E-state index in [1.807, 2.05) is 54.0 Å². The predicted octanol–water partition coefficient (Wildman–Crippen LogP) is 1.84. The van der Waals surface area contributed by atoms with E-state index in [1.54, 1.807) is 6.20 Å². The van der Waals surface area contributed by atoms with Crippen molar-refractivity contribution in [2.75, 3.05) is 7.05 Å². The number of nitrogens with two attached hydrogens (primary N) is 1. The van der Waals surface area contributed by atoms with Gasteiger partial charge in [-0.15, -0.1) is 0 Å². The molecule has 0 aliphatic rings. The fourth-order valence-corrected chi connectivity index (χ4v) is 2.59. The molecule has 5 nitrogen and oxygen atoms in total. The van der Waals surface area contributed by atoms with Gasteiger partial charge in [0.25, 0.3) is 0 Å². The summed E-state index contributed by atoms with van der Waals surface area (Å²) in [5, 5.41) is 0. The molecule has 0 aliphatic carbocycles. The lowest BCUT2D eigenvalue weighted by Crippen LogP contribution is -2.35. The van der Waals surface area contributed by atoms with E-state index in [0.717, 1.165) is 15.9 Å². The van der Waals surface area contributed by atoms with Crippen molar-refractivity contribution in [3.8, 4) is 0 Å². The molecule has 0 unspecified atom stereocenters. The van der Waals surface area contributed by atoms with Gasteiger partial charge in [0.1, 0.15) is 11.9 Å². The lowest BCUT2D eigenvalue weighted by Gasteiger charge is -2.25. The molecule has 0 radical (unpaired) electrons. The quantitative estimate of drug-likeness (QED) is 0.906. The Morgan fingerprint density at radius 2 is 2.30 bits per heavy atom. The molecule has 2 N–H and O–H groups in total. The van der Waals surface area contributed by atoms with Gasteiger partial charge in [0.15, 0.2) is 0 Å². The van der Waals surface area contributed by atoms with Crippen LogP contribution in [-0.4, -0.2) is 27.4 Å². The first-order valence-electron chi connectivity index (χ1n) is 6.20. The first-order valence-corrected chi connectivity index (χ1v) is 6.99. The van der Waals surface area contributed by atoms with Crippen molar-refractivity contribution in [2.45, 2.75) is 12.6 Å². The summed E-state index contributed by atoms with van der Waals surface area (Å²) in [6.45, 7) is 0.545. The molecule has 1 atom stereocenters. The summed E-state index contributed by atoms with van der Waals surface area (Å²) in [5.41, 5.74) is 6.43. The van der Waals surface area contributed by atoms with Gasteiger partial charge in [-0.25, -0.2) is 4.98 Å². The second-order valence-electron chi connectivity index (χ2n) is 4.73. The molecule has 1 amide bonds. The lowest BCUT2D eigenvalue weighted by atomic mass is 10.1. The summed E-state index contributed by atoms with van der Waals surface area (Å²) in [6, 6.07) is 7.13. The normalized spacial score (nSPS) is 12.6. The van der Waals surface area contributed by atoms with Gasteiger partial charge in [-0.05, 0) is 24.7 Å². The van der Waals surface area contributed by atoms with Gasteiger partial charge in [-0.3, -0.25) is 9.69 Å². The van der Waals surface area contributed by atoms with Crippen LogP contribution in [0.25, 0.3) is 0 Å². The Balaban J connectivity index is 2.25. The maximum absolute atomic E-state index is 11.8. The van der Waals surface area contributed by atoms with E-state index in [2.05, 4.69) is 20.9 Å². The number of likely N-dealkylation sites (N-methyl/N-ethyl adjacent to an activating group) is 1. The van der Waals surface area contributed by atoms with Gasteiger partial charge in [0, 0.05) is 23.9 Å². The molecule has 0 saturated carbocycles. The van der Waals surface area contributed by atoms with Crippen molar-refractivity contribution in [3.05, 3.63) is 52.5 Å². The molecular formula is C14H17BrN4O. The average Bonchev–Trinajstić information content (AvgIpc) is 2.74. The number of aromatic nitrogens is 2. The number of carbonyl (C=O) groups excluding carboxylic acids is 1. The number of aryl methyl sites for hydroxylation is 1. The number of nitrogens with zero attached hydrogens (tertiary/aromatic N) is 3. The molecule has 0 aliphatic heterocycles. The smallest absolute Gasteiger partial charge is 0.239 e. The summed E-state index contributed by atoms with van der Waals surface area (Å²) >= 11 is 3.41. The molecule has 2 aromatic rings. The van der Waals surface area contributed by atoms with Gasteiger partial charge in [-0.2, -0.15) is 0 Å². The minimum Gasteiger partial charge on any atom is -0.368 e. The number of rotatable bonds is 5. The van der Waals surface area contributed by atoms with Crippen LogP contribution >= 0.6 is 15.9 Å². The average molecular weight is 337 g/mol. The minimum absolute atomic E-state index is 0.375. The molecule has 6 heteroatoms. The van der Waals surface area contributed by atoms with Crippen LogP contribution in [0.15, 0.2) is 41.1 Å². The molecule has 1 heterocycles. The van der Waals surface area contributed by atoms with E-state index >= 15 is 0 Å². The zero-order valence-corrected chi connectivity index (χ0v) is 13.0. The molecule has 106 valence electrons. The van der Waals surface area contributed by atoms with Crippen molar-refractivity contribution in [1.82, 2.24) is 14.5 Å². The lowest BCUT2D eigenvalue weighted by molar-refractivity contribution is -0.123. The van der Waals surface area contributed by atoms with E-state index in [0.29, 0.717) is 6.54 Å². The minimum atomic E-state index is -0.482. The topological polar surface area (TPSA) is 64.2 Å². The van der Waals surface area contributed by atoms with Gasteiger partial charge in [0.2, 0.25) is 5.91 Å². The first kappa shape index (κ1) is 14.7. The van der Waals surface area contributed by atoms with Crippen LogP contribution in [-0.2, 0) is 18.4 Å². The Morgan fingerprint density at radius 3 is 2.85 bits per heavy atom. The molecule has 0 fully saturated rings. The van der Waals surface area contributed by atoms with Crippen LogP contribution in [0.3, 0.4) is 0 Å². The third kappa shape index (κ3) is 3.26. The molecule has 20 heavy (non-hydrogen) atoms. The van der Waals surface area contributed by atoms with Crippen molar-refractivity contribution in [1.29, 1.82) is 0 Å². The maximum Gasteiger partial charge on any atom is 0.239 e. The largest absolute Gasteiger partial charge is 0.368 e. The summed E-state index contributed by atoms with van der Waals surface area (Å²) < 4.78 is 2.85. The van der Waals surface area contributed by atoms with Crippen LogP contribution in [0.4, 0.5) is 0 Å². The highest BCUT2D eigenvalue weighted by molar-refractivity contribution is 9.10. The van der Waals surface area contributed by atoms with Gasteiger partial charge < -0.3 is 10.3 Å². The van der Waals surface area contributed by atoms with Gasteiger partial charge in [0.05, 0.1) is 6.54 Å². The highest BCUT2D eigenvalue weighted by Gasteiger charge is 2.24. The monoisotopic (exact) mass is 336 g/mol. The third-order valence-electron chi connectivity index (χ3n) is 3.19. The fourth-order valence-electron chi connectivity index (χ4n) is 2.18. The predicted molar refractivity (Wildman–Crippen MR) is 80.8 cm³/mol. The molecule has 1 aromatic heterocycles. The van der Waals surface area contributed by atoms with E-state index in [1.165, 1.54) is 0 Å². The number of primary amides is 1. The zero-order valence-electron chi connectivity index (χ0n) is 11.5. The highest BCUT2D eigenvalue weighted by Crippen LogP contribution is 2.23. The Bertz CT molecular complexity index is 611. The van der Waals surface area contributed by atoms with Crippen molar-refractivity contribution < 1.29 is 4.79 Å². The highest BCUT2D eigenvalue weighted by atomic mass is 79.9. The van der Waals surface area contributed by atoms with Crippen LogP contribution < -0.4 is 5.73 Å². The summed E-state index contributed by atoms with van der Waals surface area (Å²) in [4.78, 5) is 18.0. The third-order valence-corrected chi connectivity index (χ3v) is 3.68. The fraction of sp³-hybridized carbons (Fsp3) is 0.286. The Labute approximate surface area is 126 Å². The van der Waals surface area contributed by atoms with E-state index in [4.69, 9.17) is 5.73 Å². The van der Waals surface area contributed by atoms with Crippen LogP contribution in [0.2, 0.25) is 0 Å². The van der Waals surface area contributed by atoms with Crippen molar-refractivity contribution in [3.63, 3.8) is 0 Å². The molecule has 1 aromatic carbocycles.